The minimum Gasteiger partial charge on any atom is -0.396 e. The van der Waals surface area contributed by atoms with E-state index in [0.29, 0.717) is 23.9 Å². The maximum absolute atomic E-state index is 13.3. The second kappa shape index (κ2) is 3.71. The van der Waals surface area contributed by atoms with Crippen LogP contribution in [0, 0.1) is 11.7 Å². The summed E-state index contributed by atoms with van der Waals surface area (Å²) >= 11 is 5.58. The van der Waals surface area contributed by atoms with Crippen LogP contribution in [-0.4, -0.2) is 29.8 Å². The lowest BCUT2D eigenvalue weighted by molar-refractivity contribution is 0.199. The molecule has 0 bridgehead atoms. The quantitative estimate of drug-likeness (QED) is 0.810. The fraction of sp³-hybridized carbons (Fsp3) is 0.444. The average molecular weight is 217 g/mol. The van der Waals surface area contributed by atoms with E-state index in [4.69, 9.17) is 16.7 Å². The zero-order valence-electron chi connectivity index (χ0n) is 7.45. The lowest BCUT2D eigenvalue weighted by Gasteiger charge is -2.39. The Bertz CT molecular complexity index is 342. The molecule has 1 fully saturated rings. The van der Waals surface area contributed by atoms with Crippen LogP contribution in [0.15, 0.2) is 12.3 Å². The van der Waals surface area contributed by atoms with Gasteiger partial charge in [-0.25, -0.2) is 9.37 Å². The molecule has 0 aliphatic carbocycles. The Morgan fingerprint density at radius 2 is 2.36 bits per heavy atom. The van der Waals surface area contributed by atoms with Crippen molar-refractivity contribution in [2.24, 2.45) is 5.92 Å². The summed E-state index contributed by atoms with van der Waals surface area (Å²) in [4.78, 5) is 5.69. The largest absolute Gasteiger partial charge is 0.396 e. The van der Waals surface area contributed by atoms with Crippen LogP contribution in [0.4, 0.5) is 10.2 Å². The molecule has 76 valence electrons. The predicted molar refractivity (Wildman–Crippen MR) is 52.0 cm³/mol. The molecule has 0 radical (unpaired) electrons. The highest BCUT2D eigenvalue weighted by Gasteiger charge is 2.28. The number of rotatable bonds is 2. The predicted octanol–water partition coefficient (Wildman–Crippen LogP) is 1.30. The molecule has 1 aromatic rings. The van der Waals surface area contributed by atoms with Gasteiger partial charge in [0.2, 0.25) is 0 Å². The van der Waals surface area contributed by atoms with E-state index < -0.39 is 5.82 Å². The van der Waals surface area contributed by atoms with Crippen molar-refractivity contribution in [3.8, 4) is 0 Å². The molecule has 0 saturated carbocycles. The molecule has 0 amide bonds. The first kappa shape index (κ1) is 9.68. The van der Waals surface area contributed by atoms with Crippen molar-refractivity contribution in [3.63, 3.8) is 0 Å². The molecule has 1 aromatic heterocycles. The number of aliphatic hydroxyl groups excluding tert-OH is 1. The zero-order valence-corrected chi connectivity index (χ0v) is 8.21. The molecule has 14 heavy (non-hydrogen) atoms. The van der Waals surface area contributed by atoms with E-state index in [2.05, 4.69) is 4.98 Å². The first-order valence-electron chi connectivity index (χ1n) is 4.37. The van der Waals surface area contributed by atoms with Crippen LogP contribution < -0.4 is 4.90 Å². The molecule has 0 spiro atoms. The Balaban J connectivity index is 2.11. The molecular weight excluding hydrogens is 207 g/mol. The Morgan fingerprint density at radius 1 is 1.64 bits per heavy atom. The third-order valence-electron chi connectivity index (χ3n) is 2.30. The number of hydrogen-bond acceptors (Lipinski definition) is 3. The van der Waals surface area contributed by atoms with Crippen molar-refractivity contribution < 1.29 is 9.50 Å². The SMILES string of the molecule is OCC1CN(c2ncc(Cl)cc2F)C1. The van der Waals surface area contributed by atoms with Crippen LogP contribution >= 0.6 is 11.6 Å². The second-order valence-electron chi connectivity index (χ2n) is 3.41. The van der Waals surface area contributed by atoms with Gasteiger partial charge in [0.1, 0.15) is 0 Å². The summed E-state index contributed by atoms with van der Waals surface area (Å²) in [5.74, 6) is 0.153. The summed E-state index contributed by atoms with van der Waals surface area (Å²) in [5.41, 5.74) is 0. The molecule has 2 rings (SSSR count). The van der Waals surface area contributed by atoms with Crippen molar-refractivity contribution in [2.45, 2.75) is 0 Å². The zero-order chi connectivity index (χ0) is 10.1. The van der Waals surface area contributed by atoms with E-state index in [1.54, 1.807) is 4.90 Å². The highest BCUT2D eigenvalue weighted by atomic mass is 35.5. The molecule has 1 N–H and O–H groups in total. The Kier molecular flexibility index (Phi) is 2.56. The highest BCUT2D eigenvalue weighted by Crippen LogP contribution is 2.26. The monoisotopic (exact) mass is 216 g/mol. The van der Waals surface area contributed by atoms with E-state index in [1.807, 2.05) is 0 Å². The third-order valence-corrected chi connectivity index (χ3v) is 2.51. The standard InChI is InChI=1S/C9H10ClFN2O/c10-7-1-8(11)9(12-2-7)13-3-6(4-13)5-14/h1-2,6,14H,3-5H2. The van der Waals surface area contributed by atoms with E-state index in [0.717, 1.165) is 0 Å². The minimum absolute atomic E-state index is 0.145. The third kappa shape index (κ3) is 1.67. The van der Waals surface area contributed by atoms with Gasteiger partial charge in [-0.05, 0) is 6.07 Å². The Hall–Kier alpha value is -0.870. The maximum Gasteiger partial charge on any atom is 0.167 e. The van der Waals surface area contributed by atoms with Crippen LogP contribution in [0.2, 0.25) is 5.02 Å². The Labute approximate surface area is 86.1 Å². The smallest absolute Gasteiger partial charge is 0.167 e. The molecule has 3 nitrogen and oxygen atoms in total. The fourth-order valence-electron chi connectivity index (χ4n) is 1.50. The van der Waals surface area contributed by atoms with E-state index >= 15 is 0 Å². The van der Waals surface area contributed by atoms with Gasteiger partial charge in [0.25, 0.3) is 0 Å². The van der Waals surface area contributed by atoms with Gasteiger partial charge in [0, 0.05) is 31.8 Å². The first-order valence-corrected chi connectivity index (χ1v) is 4.75. The summed E-state index contributed by atoms with van der Waals surface area (Å²) in [7, 11) is 0. The Morgan fingerprint density at radius 3 is 2.93 bits per heavy atom. The number of nitrogens with zero attached hydrogens (tertiary/aromatic N) is 2. The number of anilines is 1. The molecule has 2 heterocycles. The lowest BCUT2D eigenvalue weighted by Crippen LogP contribution is -2.49. The molecular formula is C9H10ClFN2O. The van der Waals surface area contributed by atoms with Gasteiger partial charge in [0.15, 0.2) is 11.6 Å². The van der Waals surface area contributed by atoms with Crippen LogP contribution in [0.1, 0.15) is 0 Å². The molecule has 1 aliphatic rings. The molecule has 0 unspecified atom stereocenters. The van der Waals surface area contributed by atoms with Crippen LogP contribution in [0.3, 0.4) is 0 Å². The van der Waals surface area contributed by atoms with E-state index in [1.165, 1.54) is 12.3 Å². The summed E-state index contributed by atoms with van der Waals surface area (Å²) in [6.45, 7) is 1.45. The van der Waals surface area contributed by atoms with Crippen molar-refractivity contribution >= 4 is 17.4 Å². The fourth-order valence-corrected chi connectivity index (χ4v) is 1.64. The van der Waals surface area contributed by atoms with Gasteiger partial charge < -0.3 is 10.0 Å². The first-order chi connectivity index (χ1) is 6.70. The van der Waals surface area contributed by atoms with Crippen molar-refractivity contribution in [1.29, 1.82) is 0 Å². The maximum atomic E-state index is 13.3. The van der Waals surface area contributed by atoms with Crippen molar-refractivity contribution in [2.75, 3.05) is 24.6 Å². The molecule has 0 aromatic carbocycles. The van der Waals surface area contributed by atoms with Crippen molar-refractivity contribution in [1.82, 2.24) is 4.98 Å². The molecule has 1 aliphatic heterocycles. The highest BCUT2D eigenvalue weighted by molar-refractivity contribution is 6.30. The van der Waals surface area contributed by atoms with Crippen LogP contribution in [0.25, 0.3) is 0 Å². The number of aromatic nitrogens is 1. The summed E-state index contributed by atoms with van der Waals surface area (Å²) in [5, 5.41) is 9.10. The van der Waals surface area contributed by atoms with Gasteiger partial charge in [-0.2, -0.15) is 0 Å². The summed E-state index contributed by atoms with van der Waals surface area (Å²) in [6.07, 6.45) is 1.42. The van der Waals surface area contributed by atoms with Gasteiger partial charge in [-0.1, -0.05) is 11.6 Å². The molecule has 0 atom stereocenters. The summed E-state index contributed by atoms with van der Waals surface area (Å²) < 4.78 is 13.3. The van der Waals surface area contributed by atoms with Gasteiger partial charge >= 0.3 is 0 Å². The molecule has 5 heteroatoms. The minimum atomic E-state index is -0.408. The van der Waals surface area contributed by atoms with Gasteiger partial charge in [-0.15, -0.1) is 0 Å². The average Bonchev–Trinajstić information content (AvgIpc) is 2.06. The lowest BCUT2D eigenvalue weighted by atomic mass is 10.0. The van der Waals surface area contributed by atoms with Crippen molar-refractivity contribution in [3.05, 3.63) is 23.1 Å². The normalized spacial score (nSPS) is 16.9. The topological polar surface area (TPSA) is 36.4 Å². The van der Waals surface area contributed by atoms with Crippen LogP contribution in [0.5, 0.6) is 0 Å². The second-order valence-corrected chi connectivity index (χ2v) is 3.85. The number of halogens is 2. The number of pyridine rings is 1. The number of aliphatic hydroxyl groups is 1. The molecule has 1 saturated heterocycles. The van der Waals surface area contributed by atoms with Gasteiger partial charge in [-0.3, -0.25) is 0 Å². The van der Waals surface area contributed by atoms with E-state index in [-0.39, 0.29) is 12.5 Å². The van der Waals surface area contributed by atoms with Crippen LogP contribution in [-0.2, 0) is 0 Å². The van der Waals surface area contributed by atoms with Gasteiger partial charge in [0.05, 0.1) is 5.02 Å². The summed E-state index contributed by atoms with van der Waals surface area (Å²) in [6, 6.07) is 1.25. The van der Waals surface area contributed by atoms with E-state index in [9.17, 15) is 4.39 Å². The number of hydrogen-bond donors (Lipinski definition) is 1.